The largest absolute Gasteiger partial charge is 0.496 e. The minimum absolute atomic E-state index is 0.323. The second-order valence-electron chi connectivity index (χ2n) is 5.16. The Labute approximate surface area is 116 Å². The third kappa shape index (κ3) is 3.47. The molecule has 1 aromatic rings. The lowest BCUT2D eigenvalue weighted by atomic mass is 9.97. The van der Waals surface area contributed by atoms with Crippen LogP contribution in [0.4, 0.5) is 0 Å². The highest BCUT2D eigenvalue weighted by molar-refractivity contribution is 5.36. The van der Waals surface area contributed by atoms with E-state index in [4.69, 9.17) is 4.74 Å². The summed E-state index contributed by atoms with van der Waals surface area (Å²) < 4.78 is 5.47. The van der Waals surface area contributed by atoms with Gasteiger partial charge in [-0.15, -0.1) is 0 Å². The van der Waals surface area contributed by atoms with Gasteiger partial charge in [-0.1, -0.05) is 18.2 Å². The first-order valence-electron chi connectivity index (χ1n) is 6.97. The van der Waals surface area contributed by atoms with Crippen LogP contribution in [0.15, 0.2) is 24.3 Å². The lowest BCUT2D eigenvalue weighted by molar-refractivity contribution is 0.177. The Balaban J connectivity index is 2.10. The molecule has 1 aliphatic rings. The number of methoxy groups -OCH3 is 1. The third-order valence-electron chi connectivity index (χ3n) is 4.02. The molecule has 0 saturated carbocycles. The summed E-state index contributed by atoms with van der Waals surface area (Å²) in [7, 11) is 5.97. The second-order valence-corrected chi connectivity index (χ2v) is 5.16. The molecule has 1 saturated heterocycles. The molecule has 0 aromatic heterocycles. The standard InChI is InChI=1S/C15H25N3O/c1-16-14(10-12-11-17-8-9-18(12)2)13-6-4-5-7-15(13)19-3/h4-7,12,14,16-17H,8-11H2,1-3H3. The maximum Gasteiger partial charge on any atom is 0.123 e. The predicted octanol–water partition coefficient (Wildman–Crippen LogP) is 1.25. The molecule has 0 aliphatic carbocycles. The van der Waals surface area contributed by atoms with Crippen LogP contribution in [-0.4, -0.2) is 51.8 Å². The van der Waals surface area contributed by atoms with Crippen LogP contribution in [-0.2, 0) is 0 Å². The summed E-state index contributed by atoms with van der Waals surface area (Å²) in [6, 6.07) is 9.16. The Bertz CT molecular complexity index is 397. The van der Waals surface area contributed by atoms with Gasteiger partial charge < -0.3 is 20.3 Å². The van der Waals surface area contributed by atoms with Crippen LogP contribution >= 0.6 is 0 Å². The van der Waals surface area contributed by atoms with Crippen LogP contribution in [0.3, 0.4) is 0 Å². The molecule has 2 unspecified atom stereocenters. The molecule has 0 amide bonds. The third-order valence-corrected chi connectivity index (χ3v) is 4.02. The average molecular weight is 263 g/mol. The van der Waals surface area contributed by atoms with Crippen LogP contribution in [0, 0.1) is 0 Å². The monoisotopic (exact) mass is 263 g/mol. The van der Waals surface area contributed by atoms with E-state index in [-0.39, 0.29) is 0 Å². The number of benzene rings is 1. The number of para-hydroxylation sites is 1. The van der Waals surface area contributed by atoms with Crippen LogP contribution < -0.4 is 15.4 Å². The summed E-state index contributed by atoms with van der Waals surface area (Å²) in [4.78, 5) is 2.44. The van der Waals surface area contributed by atoms with Crippen molar-refractivity contribution in [2.75, 3.05) is 40.8 Å². The summed E-state index contributed by atoms with van der Waals surface area (Å²) in [5.74, 6) is 0.966. The zero-order chi connectivity index (χ0) is 13.7. The first-order chi connectivity index (χ1) is 9.26. The Morgan fingerprint density at radius 1 is 1.47 bits per heavy atom. The van der Waals surface area contributed by atoms with E-state index in [0.717, 1.165) is 31.8 Å². The number of nitrogens with one attached hydrogen (secondary N) is 2. The zero-order valence-electron chi connectivity index (χ0n) is 12.1. The molecule has 1 heterocycles. The van der Waals surface area contributed by atoms with Crippen molar-refractivity contribution in [1.82, 2.24) is 15.5 Å². The number of ether oxygens (including phenoxy) is 1. The molecule has 106 valence electrons. The molecular formula is C15H25N3O. The fourth-order valence-electron chi connectivity index (χ4n) is 2.75. The predicted molar refractivity (Wildman–Crippen MR) is 78.7 cm³/mol. The highest BCUT2D eigenvalue weighted by Gasteiger charge is 2.24. The summed E-state index contributed by atoms with van der Waals surface area (Å²) in [5, 5.41) is 6.90. The summed E-state index contributed by atoms with van der Waals surface area (Å²) in [5.41, 5.74) is 1.24. The Kier molecular flexibility index (Phi) is 5.19. The van der Waals surface area contributed by atoms with Crippen molar-refractivity contribution in [1.29, 1.82) is 0 Å². The molecule has 2 atom stereocenters. The summed E-state index contributed by atoms with van der Waals surface area (Å²) >= 11 is 0. The molecule has 0 spiro atoms. The minimum Gasteiger partial charge on any atom is -0.496 e. The topological polar surface area (TPSA) is 36.5 Å². The van der Waals surface area contributed by atoms with Crippen molar-refractivity contribution in [3.63, 3.8) is 0 Å². The Morgan fingerprint density at radius 2 is 2.26 bits per heavy atom. The van der Waals surface area contributed by atoms with Crippen LogP contribution in [0.5, 0.6) is 5.75 Å². The van der Waals surface area contributed by atoms with E-state index >= 15 is 0 Å². The zero-order valence-corrected chi connectivity index (χ0v) is 12.1. The highest BCUT2D eigenvalue weighted by atomic mass is 16.5. The van der Waals surface area contributed by atoms with Gasteiger partial charge in [0.25, 0.3) is 0 Å². The number of hydrogen-bond acceptors (Lipinski definition) is 4. The van der Waals surface area contributed by atoms with Gasteiger partial charge in [0.05, 0.1) is 7.11 Å². The lowest BCUT2D eigenvalue weighted by Crippen LogP contribution is -2.50. The van der Waals surface area contributed by atoms with Gasteiger partial charge in [0, 0.05) is 37.3 Å². The molecule has 2 N–H and O–H groups in total. The van der Waals surface area contributed by atoms with Gasteiger partial charge in [-0.2, -0.15) is 0 Å². The lowest BCUT2D eigenvalue weighted by Gasteiger charge is -2.35. The molecule has 0 radical (unpaired) electrons. The van der Waals surface area contributed by atoms with E-state index in [9.17, 15) is 0 Å². The molecule has 2 rings (SSSR count). The van der Waals surface area contributed by atoms with Gasteiger partial charge in [-0.05, 0) is 26.6 Å². The van der Waals surface area contributed by atoms with Crippen molar-refractivity contribution in [3.8, 4) is 5.75 Å². The van der Waals surface area contributed by atoms with Gasteiger partial charge in [0.2, 0.25) is 0 Å². The second kappa shape index (κ2) is 6.89. The Morgan fingerprint density at radius 3 is 2.95 bits per heavy atom. The minimum atomic E-state index is 0.323. The molecule has 0 bridgehead atoms. The number of likely N-dealkylation sites (N-methyl/N-ethyl adjacent to an activating group) is 1. The van der Waals surface area contributed by atoms with Crippen molar-refractivity contribution in [2.24, 2.45) is 0 Å². The SMILES string of the molecule is CNC(CC1CNCCN1C)c1ccccc1OC. The molecule has 19 heavy (non-hydrogen) atoms. The number of hydrogen-bond donors (Lipinski definition) is 2. The summed E-state index contributed by atoms with van der Waals surface area (Å²) in [6.45, 7) is 3.27. The van der Waals surface area contributed by atoms with E-state index in [1.54, 1.807) is 7.11 Å². The van der Waals surface area contributed by atoms with E-state index in [2.05, 4.69) is 34.7 Å². The normalized spacial score (nSPS) is 22.2. The van der Waals surface area contributed by atoms with E-state index in [1.807, 2.05) is 19.2 Å². The van der Waals surface area contributed by atoms with E-state index in [0.29, 0.717) is 12.1 Å². The maximum atomic E-state index is 5.47. The summed E-state index contributed by atoms with van der Waals surface area (Å²) in [6.07, 6.45) is 1.08. The van der Waals surface area contributed by atoms with Gasteiger partial charge in [-0.25, -0.2) is 0 Å². The van der Waals surface area contributed by atoms with Crippen molar-refractivity contribution >= 4 is 0 Å². The van der Waals surface area contributed by atoms with Crippen LogP contribution in [0.25, 0.3) is 0 Å². The van der Waals surface area contributed by atoms with Crippen molar-refractivity contribution < 1.29 is 4.74 Å². The van der Waals surface area contributed by atoms with Crippen molar-refractivity contribution in [3.05, 3.63) is 29.8 Å². The van der Waals surface area contributed by atoms with Crippen molar-refractivity contribution in [2.45, 2.75) is 18.5 Å². The van der Waals surface area contributed by atoms with Gasteiger partial charge in [0.1, 0.15) is 5.75 Å². The van der Waals surface area contributed by atoms with E-state index in [1.165, 1.54) is 5.56 Å². The number of rotatable bonds is 5. The quantitative estimate of drug-likeness (QED) is 0.838. The Hall–Kier alpha value is -1.10. The van der Waals surface area contributed by atoms with Crippen LogP contribution in [0.1, 0.15) is 18.0 Å². The van der Waals surface area contributed by atoms with Gasteiger partial charge >= 0.3 is 0 Å². The van der Waals surface area contributed by atoms with E-state index < -0.39 is 0 Å². The van der Waals surface area contributed by atoms with Gasteiger partial charge in [-0.3, -0.25) is 0 Å². The molecular weight excluding hydrogens is 238 g/mol. The fourth-order valence-corrected chi connectivity index (χ4v) is 2.75. The molecule has 4 heteroatoms. The molecule has 1 aliphatic heterocycles. The van der Waals surface area contributed by atoms with Crippen LogP contribution in [0.2, 0.25) is 0 Å². The maximum absolute atomic E-state index is 5.47. The fraction of sp³-hybridized carbons (Fsp3) is 0.600. The average Bonchev–Trinajstić information content (AvgIpc) is 2.46. The number of piperazine rings is 1. The molecule has 4 nitrogen and oxygen atoms in total. The first-order valence-corrected chi connectivity index (χ1v) is 6.97. The highest BCUT2D eigenvalue weighted by Crippen LogP contribution is 2.28. The smallest absolute Gasteiger partial charge is 0.123 e. The first kappa shape index (κ1) is 14.3. The number of nitrogens with zero attached hydrogens (tertiary/aromatic N) is 1. The molecule has 1 fully saturated rings. The molecule has 1 aromatic carbocycles. The van der Waals surface area contributed by atoms with Gasteiger partial charge in [0.15, 0.2) is 0 Å².